The lowest BCUT2D eigenvalue weighted by Gasteiger charge is -2.34. The molecule has 4 nitrogen and oxygen atoms in total. The number of para-hydroxylation sites is 1. The third-order valence-electron chi connectivity index (χ3n) is 7.24. The molecular weight excluding hydrogens is 453 g/mol. The number of fused-ring (bicyclic) bond motifs is 2. The summed E-state index contributed by atoms with van der Waals surface area (Å²) in [6, 6.07) is 25.5. The van der Waals surface area contributed by atoms with Crippen LogP contribution in [0.25, 0.3) is 10.8 Å². The van der Waals surface area contributed by atoms with E-state index in [1.165, 1.54) is 35.6 Å². The van der Waals surface area contributed by atoms with E-state index in [1.807, 2.05) is 30.3 Å². The zero-order chi connectivity index (χ0) is 25.2. The first-order valence-corrected chi connectivity index (χ1v) is 12.3. The predicted molar refractivity (Wildman–Crippen MR) is 140 cm³/mol. The minimum absolute atomic E-state index is 0.108. The molecule has 4 aromatic carbocycles. The molecule has 184 valence electrons. The van der Waals surface area contributed by atoms with E-state index < -0.39 is 5.97 Å². The Kier molecular flexibility index (Phi) is 6.75. The van der Waals surface area contributed by atoms with Gasteiger partial charge >= 0.3 is 5.97 Å². The maximum absolute atomic E-state index is 15.3. The molecular formula is C31H30FNO3. The third-order valence-corrected chi connectivity index (χ3v) is 7.24. The summed E-state index contributed by atoms with van der Waals surface area (Å²) in [7, 11) is 1.34. The smallest absolute Gasteiger partial charge is 0.338 e. The Balaban J connectivity index is 1.43. The van der Waals surface area contributed by atoms with E-state index in [4.69, 9.17) is 9.47 Å². The number of nitrogens with one attached hydrogen (secondary N) is 1. The highest BCUT2D eigenvalue weighted by Crippen LogP contribution is 2.43. The van der Waals surface area contributed by atoms with Crippen LogP contribution in [0.4, 0.5) is 4.39 Å². The van der Waals surface area contributed by atoms with Crippen LogP contribution in [0.1, 0.15) is 57.9 Å². The Morgan fingerprint density at radius 3 is 2.64 bits per heavy atom. The standard InChI is InChI=1S/C31H30FNO3/c1-19-23(31(34)35-3)15-16-28(32)30(19)27-17-22(36-29-14-7-6-12-26(27)29)18-33-20(2)24-13-8-10-21-9-4-5-11-25(21)24/h4-16,20,22,27,33H,17-18H2,1-3H3/t20-,22?,27?/m1/s1. The van der Waals surface area contributed by atoms with Crippen molar-refractivity contribution < 1.29 is 18.7 Å². The van der Waals surface area contributed by atoms with Crippen molar-refractivity contribution in [2.24, 2.45) is 0 Å². The molecule has 0 spiro atoms. The van der Waals surface area contributed by atoms with Crippen molar-refractivity contribution >= 4 is 16.7 Å². The minimum atomic E-state index is -0.462. The molecule has 5 heteroatoms. The van der Waals surface area contributed by atoms with Gasteiger partial charge < -0.3 is 14.8 Å². The van der Waals surface area contributed by atoms with Crippen LogP contribution in [0.2, 0.25) is 0 Å². The number of carbonyl (C=O) groups is 1. The predicted octanol–water partition coefficient (Wildman–Crippen LogP) is 6.71. The molecule has 0 saturated heterocycles. The van der Waals surface area contributed by atoms with Crippen LogP contribution in [0, 0.1) is 12.7 Å². The van der Waals surface area contributed by atoms with Gasteiger partial charge in [-0.1, -0.05) is 60.7 Å². The number of esters is 1. The molecule has 4 aromatic rings. The molecule has 0 radical (unpaired) electrons. The number of halogens is 1. The van der Waals surface area contributed by atoms with Crippen molar-refractivity contribution in [3.8, 4) is 5.75 Å². The van der Waals surface area contributed by atoms with Gasteiger partial charge in [-0.05, 0) is 65.9 Å². The average Bonchev–Trinajstić information content (AvgIpc) is 2.91. The number of carbonyl (C=O) groups excluding carboxylic acids is 1. The maximum Gasteiger partial charge on any atom is 0.338 e. The summed E-state index contributed by atoms with van der Waals surface area (Å²) in [5, 5.41) is 6.08. The van der Waals surface area contributed by atoms with Gasteiger partial charge in [0.15, 0.2) is 0 Å². The van der Waals surface area contributed by atoms with Crippen LogP contribution in [-0.2, 0) is 4.74 Å². The lowest BCUT2D eigenvalue weighted by atomic mass is 9.81. The van der Waals surface area contributed by atoms with E-state index in [2.05, 4.69) is 48.6 Å². The number of rotatable bonds is 6. The lowest BCUT2D eigenvalue weighted by Crippen LogP contribution is -2.37. The highest BCUT2D eigenvalue weighted by molar-refractivity contribution is 5.91. The van der Waals surface area contributed by atoms with Crippen LogP contribution in [0.3, 0.4) is 0 Å². The molecule has 0 amide bonds. The SMILES string of the molecule is COC(=O)c1ccc(F)c(C2CC(CN[C@H](C)c3cccc4ccccc34)Oc3ccccc32)c1C. The van der Waals surface area contributed by atoms with Gasteiger partial charge in [-0.2, -0.15) is 0 Å². The van der Waals surface area contributed by atoms with Gasteiger partial charge in [-0.25, -0.2) is 9.18 Å². The van der Waals surface area contributed by atoms with Gasteiger partial charge in [-0.3, -0.25) is 0 Å². The number of benzene rings is 4. The number of hydrogen-bond acceptors (Lipinski definition) is 4. The molecule has 1 heterocycles. The normalized spacial score (nSPS) is 17.8. The molecule has 3 atom stereocenters. The summed E-state index contributed by atoms with van der Waals surface area (Å²) in [5.74, 6) is -0.270. The molecule has 0 bridgehead atoms. The van der Waals surface area contributed by atoms with Gasteiger partial charge in [0.25, 0.3) is 0 Å². The summed E-state index contributed by atoms with van der Waals surface area (Å²) in [5.41, 5.74) is 3.69. The first-order chi connectivity index (χ1) is 17.5. The van der Waals surface area contributed by atoms with E-state index in [9.17, 15) is 4.79 Å². The summed E-state index contributed by atoms with van der Waals surface area (Å²) in [4.78, 5) is 12.3. The van der Waals surface area contributed by atoms with Crippen LogP contribution in [-0.4, -0.2) is 25.7 Å². The monoisotopic (exact) mass is 483 g/mol. The average molecular weight is 484 g/mol. The Bertz CT molecular complexity index is 1410. The van der Waals surface area contributed by atoms with Gasteiger partial charge in [0.1, 0.15) is 17.7 Å². The summed E-state index contributed by atoms with van der Waals surface area (Å²) >= 11 is 0. The second kappa shape index (κ2) is 10.1. The van der Waals surface area contributed by atoms with Crippen molar-refractivity contribution in [1.82, 2.24) is 5.32 Å². The van der Waals surface area contributed by atoms with E-state index in [0.717, 1.165) is 11.3 Å². The quantitative estimate of drug-likeness (QED) is 0.310. The third kappa shape index (κ3) is 4.47. The van der Waals surface area contributed by atoms with Gasteiger partial charge in [0.05, 0.1) is 12.7 Å². The van der Waals surface area contributed by atoms with Gasteiger partial charge in [0, 0.05) is 24.1 Å². The van der Waals surface area contributed by atoms with E-state index in [0.29, 0.717) is 29.7 Å². The topological polar surface area (TPSA) is 47.6 Å². The van der Waals surface area contributed by atoms with Gasteiger partial charge in [0.2, 0.25) is 0 Å². The largest absolute Gasteiger partial charge is 0.489 e. The molecule has 1 aliphatic heterocycles. The van der Waals surface area contributed by atoms with Gasteiger partial charge in [-0.15, -0.1) is 0 Å². The highest BCUT2D eigenvalue weighted by Gasteiger charge is 2.33. The van der Waals surface area contributed by atoms with Crippen LogP contribution in [0.5, 0.6) is 5.75 Å². The van der Waals surface area contributed by atoms with E-state index in [1.54, 1.807) is 6.92 Å². The van der Waals surface area contributed by atoms with E-state index >= 15 is 4.39 Å². The Labute approximate surface area is 211 Å². The number of methoxy groups -OCH3 is 1. The van der Waals surface area contributed by atoms with Crippen molar-refractivity contribution in [1.29, 1.82) is 0 Å². The molecule has 0 aliphatic carbocycles. The summed E-state index contributed by atoms with van der Waals surface area (Å²) < 4.78 is 26.6. The van der Waals surface area contributed by atoms with Crippen LogP contribution < -0.4 is 10.1 Å². The Hall–Kier alpha value is -3.70. The van der Waals surface area contributed by atoms with Crippen LogP contribution >= 0.6 is 0 Å². The Morgan fingerprint density at radius 2 is 1.81 bits per heavy atom. The first kappa shape index (κ1) is 24.0. The fourth-order valence-electron chi connectivity index (χ4n) is 5.39. The number of hydrogen-bond donors (Lipinski definition) is 1. The zero-order valence-corrected chi connectivity index (χ0v) is 20.8. The highest BCUT2D eigenvalue weighted by atomic mass is 19.1. The van der Waals surface area contributed by atoms with Crippen LogP contribution in [0.15, 0.2) is 78.9 Å². The van der Waals surface area contributed by atoms with E-state index in [-0.39, 0.29) is 23.9 Å². The fourth-order valence-corrected chi connectivity index (χ4v) is 5.39. The molecule has 1 N–H and O–H groups in total. The molecule has 1 aliphatic rings. The summed E-state index contributed by atoms with van der Waals surface area (Å²) in [6.45, 7) is 4.55. The van der Waals surface area contributed by atoms with Crippen molar-refractivity contribution in [3.05, 3.63) is 112 Å². The fraction of sp³-hybridized carbons (Fsp3) is 0.258. The minimum Gasteiger partial charge on any atom is -0.489 e. The second-order valence-corrected chi connectivity index (χ2v) is 9.39. The van der Waals surface area contributed by atoms with Crippen molar-refractivity contribution in [2.75, 3.05) is 13.7 Å². The summed E-state index contributed by atoms with van der Waals surface area (Å²) in [6.07, 6.45) is 0.428. The zero-order valence-electron chi connectivity index (χ0n) is 20.8. The lowest BCUT2D eigenvalue weighted by molar-refractivity contribution is 0.0599. The Morgan fingerprint density at radius 1 is 1.06 bits per heavy atom. The molecule has 0 aromatic heterocycles. The van der Waals surface area contributed by atoms with Crippen molar-refractivity contribution in [2.45, 2.75) is 38.3 Å². The maximum atomic E-state index is 15.3. The van der Waals surface area contributed by atoms with Crippen molar-refractivity contribution in [3.63, 3.8) is 0 Å². The second-order valence-electron chi connectivity index (χ2n) is 9.39. The molecule has 36 heavy (non-hydrogen) atoms. The molecule has 0 saturated carbocycles. The molecule has 0 fully saturated rings. The molecule has 5 rings (SSSR count). The first-order valence-electron chi connectivity index (χ1n) is 12.3. The molecule has 2 unspecified atom stereocenters. The number of ether oxygens (including phenoxy) is 2.